The lowest BCUT2D eigenvalue weighted by molar-refractivity contribution is 0.529. The number of anilines is 1. The van der Waals surface area contributed by atoms with Gasteiger partial charge in [-0.05, 0) is 25.5 Å². The topological polar surface area (TPSA) is 50.9 Å². The van der Waals surface area contributed by atoms with Crippen molar-refractivity contribution in [3.63, 3.8) is 0 Å². The molecule has 0 aromatic carbocycles. The number of nitrogens with one attached hydrogen (secondary N) is 1. The van der Waals surface area contributed by atoms with Crippen LogP contribution in [0.3, 0.4) is 0 Å². The van der Waals surface area contributed by atoms with Crippen LogP contribution in [-0.2, 0) is 6.54 Å². The van der Waals surface area contributed by atoms with Crippen LogP contribution < -0.4 is 11.1 Å². The Morgan fingerprint density at radius 1 is 1.54 bits per heavy atom. The maximum Gasteiger partial charge on any atom is 0.0543 e. The van der Waals surface area contributed by atoms with Crippen LogP contribution in [0.2, 0.25) is 0 Å². The molecule has 0 saturated heterocycles. The molecule has 1 aromatic heterocycles. The second kappa shape index (κ2) is 4.82. The molecule has 0 aliphatic carbocycles. The fourth-order valence-corrected chi connectivity index (χ4v) is 0.964. The average Bonchev–Trinajstić information content (AvgIpc) is 2.16. The molecule has 0 fully saturated rings. The first-order chi connectivity index (χ1) is 6.22. The van der Waals surface area contributed by atoms with Crippen LogP contribution in [0.1, 0.15) is 26.0 Å². The van der Waals surface area contributed by atoms with Crippen molar-refractivity contribution >= 4 is 5.69 Å². The Labute approximate surface area is 79.4 Å². The summed E-state index contributed by atoms with van der Waals surface area (Å²) in [5, 5.41) is 3.36. The van der Waals surface area contributed by atoms with Crippen molar-refractivity contribution < 1.29 is 0 Å². The molecule has 0 bridgehead atoms. The molecule has 1 rings (SSSR count). The SMILES string of the molecule is CCC(C)NCc1ccc(N)cn1. The molecular weight excluding hydrogens is 162 g/mol. The summed E-state index contributed by atoms with van der Waals surface area (Å²) in [6.07, 6.45) is 2.82. The number of nitrogens with zero attached hydrogens (tertiary/aromatic N) is 1. The third-order valence-corrected chi connectivity index (χ3v) is 2.09. The molecule has 3 nitrogen and oxygen atoms in total. The first kappa shape index (κ1) is 9.99. The van der Waals surface area contributed by atoms with Gasteiger partial charge in [-0.25, -0.2) is 0 Å². The predicted molar refractivity (Wildman–Crippen MR) is 55.2 cm³/mol. The first-order valence-corrected chi connectivity index (χ1v) is 4.66. The van der Waals surface area contributed by atoms with Gasteiger partial charge < -0.3 is 11.1 Å². The third kappa shape index (κ3) is 3.42. The number of rotatable bonds is 4. The van der Waals surface area contributed by atoms with Crippen LogP contribution in [0.5, 0.6) is 0 Å². The molecule has 0 radical (unpaired) electrons. The number of hydrogen-bond acceptors (Lipinski definition) is 3. The molecule has 1 aromatic rings. The van der Waals surface area contributed by atoms with E-state index < -0.39 is 0 Å². The van der Waals surface area contributed by atoms with Gasteiger partial charge in [-0.3, -0.25) is 4.98 Å². The lowest BCUT2D eigenvalue weighted by atomic mass is 10.2. The summed E-state index contributed by atoms with van der Waals surface area (Å²) in [7, 11) is 0. The maximum atomic E-state index is 5.53. The van der Waals surface area contributed by atoms with E-state index in [0.717, 1.165) is 18.7 Å². The van der Waals surface area contributed by atoms with Gasteiger partial charge in [0.25, 0.3) is 0 Å². The van der Waals surface area contributed by atoms with E-state index >= 15 is 0 Å². The molecule has 1 unspecified atom stereocenters. The second-order valence-corrected chi connectivity index (χ2v) is 3.27. The molecule has 72 valence electrons. The normalized spacial score (nSPS) is 12.8. The summed E-state index contributed by atoms with van der Waals surface area (Å²) >= 11 is 0. The van der Waals surface area contributed by atoms with E-state index in [4.69, 9.17) is 5.73 Å². The first-order valence-electron chi connectivity index (χ1n) is 4.66. The van der Waals surface area contributed by atoms with Gasteiger partial charge >= 0.3 is 0 Å². The standard InChI is InChI=1S/C10H17N3/c1-3-8(2)12-7-10-5-4-9(11)6-13-10/h4-6,8,12H,3,7,11H2,1-2H3. The molecule has 0 aliphatic rings. The summed E-state index contributed by atoms with van der Waals surface area (Å²) in [4.78, 5) is 4.20. The quantitative estimate of drug-likeness (QED) is 0.737. The lowest BCUT2D eigenvalue weighted by Crippen LogP contribution is -2.24. The number of pyridine rings is 1. The summed E-state index contributed by atoms with van der Waals surface area (Å²) < 4.78 is 0. The van der Waals surface area contributed by atoms with Crippen molar-refractivity contribution in [2.24, 2.45) is 0 Å². The van der Waals surface area contributed by atoms with Gasteiger partial charge in [0.2, 0.25) is 0 Å². The van der Waals surface area contributed by atoms with Crippen LogP contribution in [-0.4, -0.2) is 11.0 Å². The van der Waals surface area contributed by atoms with Crippen LogP contribution in [0.15, 0.2) is 18.3 Å². The van der Waals surface area contributed by atoms with E-state index in [9.17, 15) is 0 Å². The zero-order valence-electron chi connectivity index (χ0n) is 8.25. The highest BCUT2D eigenvalue weighted by atomic mass is 14.9. The van der Waals surface area contributed by atoms with Crippen molar-refractivity contribution in [2.45, 2.75) is 32.9 Å². The van der Waals surface area contributed by atoms with E-state index in [0.29, 0.717) is 11.7 Å². The van der Waals surface area contributed by atoms with Gasteiger partial charge in [0.05, 0.1) is 17.6 Å². The molecule has 1 atom stereocenters. The Balaban J connectivity index is 2.41. The van der Waals surface area contributed by atoms with Gasteiger partial charge in [0.1, 0.15) is 0 Å². The number of aromatic nitrogens is 1. The van der Waals surface area contributed by atoms with Crippen molar-refractivity contribution in [3.8, 4) is 0 Å². The number of hydrogen-bond donors (Lipinski definition) is 2. The molecular formula is C10H17N3. The Kier molecular flexibility index (Phi) is 3.71. The summed E-state index contributed by atoms with van der Waals surface area (Å²) in [6, 6.07) is 4.37. The largest absolute Gasteiger partial charge is 0.397 e. The highest BCUT2D eigenvalue weighted by Gasteiger charge is 1.98. The third-order valence-electron chi connectivity index (χ3n) is 2.09. The Hall–Kier alpha value is -1.09. The smallest absolute Gasteiger partial charge is 0.0543 e. The monoisotopic (exact) mass is 179 g/mol. The number of nitrogen functional groups attached to an aromatic ring is 1. The van der Waals surface area contributed by atoms with Gasteiger partial charge in [-0.1, -0.05) is 6.92 Å². The lowest BCUT2D eigenvalue weighted by Gasteiger charge is -2.10. The van der Waals surface area contributed by atoms with Crippen LogP contribution in [0.4, 0.5) is 5.69 Å². The van der Waals surface area contributed by atoms with E-state index in [-0.39, 0.29) is 0 Å². The molecule has 3 heteroatoms. The zero-order chi connectivity index (χ0) is 9.68. The van der Waals surface area contributed by atoms with Crippen LogP contribution in [0, 0.1) is 0 Å². The van der Waals surface area contributed by atoms with Gasteiger partial charge in [-0.2, -0.15) is 0 Å². The Morgan fingerprint density at radius 3 is 2.85 bits per heavy atom. The molecule has 0 amide bonds. The fourth-order valence-electron chi connectivity index (χ4n) is 0.964. The van der Waals surface area contributed by atoms with Gasteiger partial charge in [0.15, 0.2) is 0 Å². The minimum absolute atomic E-state index is 0.541. The second-order valence-electron chi connectivity index (χ2n) is 3.27. The van der Waals surface area contributed by atoms with Crippen LogP contribution in [0.25, 0.3) is 0 Å². The van der Waals surface area contributed by atoms with Crippen molar-refractivity contribution in [1.29, 1.82) is 0 Å². The highest BCUT2D eigenvalue weighted by molar-refractivity contribution is 5.34. The molecule has 0 saturated carbocycles. The van der Waals surface area contributed by atoms with Gasteiger partial charge in [-0.15, -0.1) is 0 Å². The molecule has 13 heavy (non-hydrogen) atoms. The van der Waals surface area contributed by atoms with E-state index in [1.165, 1.54) is 0 Å². The van der Waals surface area contributed by atoms with Gasteiger partial charge in [0, 0.05) is 12.6 Å². The Bertz CT molecular complexity index is 243. The van der Waals surface area contributed by atoms with Crippen molar-refractivity contribution in [1.82, 2.24) is 10.3 Å². The minimum atomic E-state index is 0.541. The van der Waals surface area contributed by atoms with E-state index in [1.807, 2.05) is 12.1 Å². The average molecular weight is 179 g/mol. The molecule has 3 N–H and O–H groups in total. The maximum absolute atomic E-state index is 5.53. The van der Waals surface area contributed by atoms with E-state index in [1.54, 1.807) is 6.20 Å². The minimum Gasteiger partial charge on any atom is -0.397 e. The summed E-state index contributed by atoms with van der Waals surface area (Å²) in [6.45, 7) is 5.14. The van der Waals surface area contributed by atoms with Crippen LogP contribution >= 0.6 is 0 Å². The highest BCUT2D eigenvalue weighted by Crippen LogP contribution is 2.01. The summed E-state index contributed by atoms with van der Waals surface area (Å²) in [5.74, 6) is 0. The zero-order valence-corrected chi connectivity index (χ0v) is 8.25. The molecule has 1 heterocycles. The predicted octanol–water partition coefficient (Wildman–Crippen LogP) is 1.55. The van der Waals surface area contributed by atoms with Crippen molar-refractivity contribution in [2.75, 3.05) is 5.73 Å². The molecule has 0 spiro atoms. The van der Waals surface area contributed by atoms with E-state index in [2.05, 4.69) is 24.1 Å². The summed E-state index contributed by atoms with van der Waals surface area (Å²) in [5.41, 5.74) is 7.28. The Morgan fingerprint density at radius 2 is 2.31 bits per heavy atom. The molecule has 0 aliphatic heterocycles. The fraction of sp³-hybridized carbons (Fsp3) is 0.500. The number of nitrogens with two attached hydrogens (primary N) is 1. The van der Waals surface area contributed by atoms with Crippen molar-refractivity contribution in [3.05, 3.63) is 24.0 Å².